The van der Waals surface area contributed by atoms with Crippen molar-refractivity contribution < 1.29 is 9.50 Å². The summed E-state index contributed by atoms with van der Waals surface area (Å²) < 4.78 is 14.1. The topological polar surface area (TPSA) is 20.2 Å². The van der Waals surface area contributed by atoms with E-state index in [2.05, 4.69) is 0 Å². The molecule has 0 bridgehead atoms. The molecule has 0 aliphatic carbocycles. The van der Waals surface area contributed by atoms with Crippen LogP contribution in [-0.4, -0.2) is 5.11 Å². The van der Waals surface area contributed by atoms with E-state index in [1.165, 1.54) is 17.4 Å². The van der Waals surface area contributed by atoms with Crippen LogP contribution in [0, 0.1) is 12.7 Å². The van der Waals surface area contributed by atoms with Crippen LogP contribution in [0.2, 0.25) is 0 Å². The molecule has 0 aliphatic heterocycles. The minimum atomic E-state index is -0.508. The molecule has 1 aromatic carbocycles. The van der Waals surface area contributed by atoms with Gasteiger partial charge in [0.1, 0.15) is 0 Å². The fourth-order valence-electron chi connectivity index (χ4n) is 1.22. The predicted octanol–water partition coefficient (Wildman–Crippen LogP) is 3.05. The number of benzene rings is 1. The van der Waals surface area contributed by atoms with Crippen LogP contribution in [0.4, 0.5) is 4.39 Å². The Hall–Kier alpha value is -1.09. The Labute approximate surface area is 73.1 Å². The molecule has 0 aliphatic rings. The van der Waals surface area contributed by atoms with Crippen LogP contribution >= 0.6 is 11.3 Å². The number of aryl methyl sites for hydroxylation is 1. The summed E-state index contributed by atoms with van der Waals surface area (Å²) in [7, 11) is 0. The number of hydrogen-bond acceptors (Lipinski definition) is 2. The summed E-state index contributed by atoms with van der Waals surface area (Å²) in [4.78, 5) is 0. The average molecular weight is 182 g/mol. The summed E-state index contributed by atoms with van der Waals surface area (Å²) in [6, 6.07) is 3.11. The van der Waals surface area contributed by atoms with Gasteiger partial charge in [-0.2, -0.15) is 0 Å². The Bertz CT molecular complexity index is 433. The van der Waals surface area contributed by atoms with Crippen molar-refractivity contribution in [3.8, 4) is 5.75 Å². The maximum absolute atomic E-state index is 13.2. The molecule has 1 nitrogen and oxygen atoms in total. The molecule has 0 spiro atoms. The van der Waals surface area contributed by atoms with Gasteiger partial charge in [0.15, 0.2) is 11.6 Å². The van der Waals surface area contributed by atoms with Gasteiger partial charge in [0.25, 0.3) is 0 Å². The number of hydrogen-bond donors (Lipinski definition) is 1. The van der Waals surface area contributed by atoms with Gasteiger partial charge in [-0.15, -0.1) is 11.3 Å². The van der Waals surface area contributed by atoms with Crippen LogP contribution in [0.1, 0.15) is 5.56 Å². The first kappa shape index (κ1) is 7.55. The molecule has 0 amide bonds. The minimum absolute atomic E-state index is 0.274. The van der Waals surface area contributed by atoms with Gasteiger partial charge in [-0.25, -0.2) is 4.39 Å². The molecule has 2 rings (SSSR count). The lowest BCUT2D eigenvalue weighted by atomic mass is 10.2. The number of halogens is 1. The third-order valence-corrected chi connectivity index (χ3v) is 2.91. The molecule has 0 saturated heterocycles. The highest BCUT2D eigenvalue weighted by Gasteiger charge is 2.09. The smallest absolute Gasteiger partial charge is 0.173 e. The van der Waals surface area contributed by atoms with Crippen LogP contribution in [0.5, 0.6) is 5.75 Å². The predicted molar refractivity (Wildman–Crippen MR) is 48.2 cm³/mol. The fourth-order valence-corrected chi connectivity index (χ4v) is 2.16. The second-order valence-corrected chi connectivity index (χ2v) is 3.60. The molecule has 1 heterocycles. The quantitative estimate of drug-likeness (QED) is 0.663. The molecule has 0 saturated carbocycles. The first-order chi connectivity index (χ1) is 5.70. The summed E-state index contributed by atoms with van der Waals surface area (Å²) in [5, 5.41) is 11.5. The molecule has 1 N–H and O–H groups in total. The van der Waals surface area contributed by atoms with Crippen LogP contribution in [0.3, 0.4) is 0 Å². The van der Waals surface area contributed by atoms with Crippen molar-refractivity contribution in [3.63, 3.8) is 0 Å². The number of phenols is 1. The van der Waals surface area contributed by atoms with Crippen molar-refractivity contribution in [3.05, 3.63) is 28.9 Å². The largest absolute Gasteiger partial charge is 0.505 e. The molecule has 2 aromatic rings. The highest BCUT2D eigenvalue weighted by Crippen LogP contribution is 2.31. The van der Waals surface area contributed by atoms with Gasteiger partial charge in [-0.1, -0.05) is 0 Å². The maximum Gasteiger partial charge on any atom is 0.173 e. The van der Waals surface area contributed by atoms with Crippen molar-refractivity contribution in [2.45, 2.75) is 6.92 Å². The summed E-state index contributed by atoms with van der Waals surface area (Å²) >= 11 is 1.49. The van der Waals surface area contributed by atoms with Crippen LogP contribution in [0.25, 0.3) is 10.1 Å². The van der Waals surface area contributed by atoms with E-state index in [1.54, 1.807) is 6.07 Å². The Morgan fingerprint density at radius 1 is 1.42 bits per heavy atom. The van der Waals surface area contributed by atoms with E-state index in [0.717, 1.165) is 10.3 Å². The van der Waals surface area contributed by atoms with E-state index in [4.69, 9.17) is 5.11 Å². The Morgan fingerprint density at radius 3 is 2.92 bits per heavy atom. The zero-order chi connectivity index (χ0) is 8.72. The fraction of sp³-hybridized carbons (Fsp3) is 0.111. The van der Waals surface area contributed by atoms with E-state index in [1.807, 2.05) is 12.3 Å². The normalized spacial score (nSPS) is 10.8. The van der Waals surface area contributed by atoms with Gasteiger partial charge in [0, 0.05) is 10.1 Å². The van der Waals surface area contributed by atoms with Crippen molar-refractivity contribution in [2.75, 3.05) is 0 Å². The molecule has 0 radical (unpaired) electrons. The maximum atomic E-state index is 13.2. The monoisotopic (exact) mass is 182 g/mol. The van der Waals surface area contributed by atoms with E-state index >= 15 is 0 Å². The van der Waals surface area contributed by atoms with E-state index in [-0.39, 0.29) is 5.75 Å². The third-order valence-electron chi connectivity index (χ3n) is 1.84. The molecule has 0 unspecified atom stereocenters. The van der Waals surface area contributed by atoms with E-state index in [9.17, 15) is 4.39 Å². The number of rotatable bonds is 0. The zero-order valence-corrected chi connectivity index (χ0v) is 7.28. The second kappa shape index (κ2) is 2.45. The Balaban J connectivity index is 2.96. The van der Waals surface area contributed by atoms with Gasteiger partial charge in [-0.3, -0.25) is 0 Å². The molecule has 3 heteroatoms. The van der Waals surface area contributed by atoms with E-state index in [0.29, 0.717) is 5.39 Å². The van der Waals surface area contributed by atoms with Crippen molar-refractivity contribution in [2.24, 2.45) is 0 Å². The van der Waals surface area contributed by atoms with Crippen LogP contribution in [0.15, 0.2) is 17.5 Å². The SMILES string of the molecule is Cc1csc2ccc(O)c(F)c12. The standard InChI is InChI=1S/C9H7FOS/c1-5-4-12-7-3-2-6(11)9(10)8(5)7/h2-4,11H,1H3. The number of fused-ring (bicyclic) bond motifs is 1. The molecular formula is C9H7FOS. The second-order valence-electron chi connectivity index (χ2n) is 2.69. The average Bonchev–Trinajstić information content (AvgIpc) is 2.41. The zero-order valence-electron chi connectivity index (χ0n) is 6.47. The van der Waals surface area contributed by atoms with Gasteiger partial charge in [-0.05, 0) is 30.0 Å². The lowest BCUT2D eigenvalue weighted by Gasteiger charge is -1.96. The first-order valence-electron chi connectivity index (χ1n) is 3.55. The molecule has 62 valence electrons. The first-order valence-corrected chi connectivity index (χ1v) is 4.43. The lowest BCUT2D eigenvalue weighted by Crippen LogP contribution is -1.78. The highest BCUT2D eigenvalue weighted by atomic mass is 32.1. The third kappa shape index (κ3) is 0.898. The summed E-state index contributed by atoms with van der Waals surface area (Å²) in [6.45, 7) is 1.83. The van der Waals surface area contributed by atoms with Crippen LogP contribution in [-0.2, 0) is 0 Å². The number of aromatic hydroxyl groups is 1. The van der Waals surface area contributed by atoms with Crippen molar-refractivity contribution >= 4 is 21.4 Å². The van der Waals surface area contributed by atoms with Gasteiger partial charge in [0.05, 0.1) is 0 Å². The Morgan fingerprint density at radius 2 is 2.17 bits per heavy atom. The van der Waals surface area contributed by atoms with Crippen molar-refractivity contribution in [1.82, 2.24) is 0 Å². The summed E-state index contributed by atoms with van der Waals surface area (Å²) in [5.41, 5.74) is 0.878. The minimum Gasteiger partial charge on any atom is -0.505 e. The molecule has 12 heavy (non-hydrogen) atoms. The van der Waals surface area contributed by atoms with Gasteiger partial charge < -0.3 is 5.11 Å². The van der Waals surface area contributed by atoms with E-state index < -0.39 is 5.82 Å². The number of thiophene rings is 1. The molecule has 0 fully saturated rings. The highest BCUT2D eigenvalue weighted by molar-refractivity contribution is 7.17. The number of phenolic OH excluding ortho intramolecular Hbond substituents is 1. The van der Waals surface area contributed by atoms with Crippen LogP contribution < -0.4 is 0 Å². The van der Waals surface area contributed by atoms with Gasteiger partial charge in [0.2, 0.25) is 0 Å². The Kier molecular flexibility index (Phi) is 1.54. The van der Waals surface area contributed by atoms with Crippen molar-refractivity contribution in [1.29, 1.82) is 0 Å². The molecule has 0 atom stereocenters. The molecule has 1 aromatic heterocycles. The molecular weight excluding hydrogens is 175 g/mol. The summed E-state index contributed by atoms with van der Waals surface area (Å²) in [6.07, 6.45) is 0. The summed E-state index contributed by atoms with van der Waals surface area (Å²) in [5.74, 6) is -0.782. The van der Waals surface area contributed by atoms with Gasteiger partial charge >= 0.3 is 0 Å². The lowest BCUT2D eigenvalue weighted by molar-refractivity contribution is 0.436.